The molecule has 0 radical (unpaired) electrons. The van der Waals surface area contributed by atoms with Gasteiger partial charge in [-0.15, -0.1) is 0 Å². The number of nitrogen functional groups attached to an aromatic ring is 1. The lowest BCUT2D eigenvalue weighted by molar-refractivity contribution is 0.633. The van der Waals surface area contributed by atoms with Crippen LogP contribution in [0.15, 0.2) is 27.1 Å². The highest BCUT2D eigenvalue weighted by molar-refractivity contribution is 9.10. The van der Waals surface area contributed by atoms with Crippen molar-refractivity contribution >= 4 is 37.7 Å². The Labute approximate surface area is 136 Å². The zero-order valence-corrected chi connectivity index (χ0v) is 14.9. The van der Waals surface area contributed by atoms with Crippen LogP contribution in [0.3, 0.4) is 0 Å². The minimum atomic E-state index is 0.493. The van der Waals surface area contributed by atoms with Crippen LogP contribution in [-0.4, -0.2) is 9.97 Å². The van der Waals surface area contributed by atoms with E-state index in [1.54, 1.807) is 0 Å². The molecule has 0 saturated heterocycles. The Balaban J connectivity index is 2.54. The largest absolute Gasteiger partial charge is 0.383 e. The Kier molecular flexibility index (Phi) is 4.81. The molecular formula is C15H17Br2N3. The second-order valence-corrected chi connectivity index (χ2v) is 6.96. The fourth-order valence-electron chi connectivity index (χ4n) is 2.03. The van der Waals surface area contributed by atoms with Crippen molar-refractivity contribution in [2.24, 2.45) is 5.92 Å². The number of anilines is 1. The molecule has 0 unspecified atom stereocenters. The fourth-order valence-corrected chi connectivity index (χ4v) is 2.85. The van der Waals surface area contributed by atoms with Gasteiger partial charge in [-0.05, 0) is 59.0 Å². The first-order valence-electron chi connectivity index (χ1n) is 6.47. The van der Waals surface area contributed by atoms with E-state index in [-0.39, 0.29) is 0 Å². The topological polar surface area (TPSA) is 51.8 Å². The standard InChI is InChI=1S/C15H17Br2N3/c1-8(2)6-12-13(17)14(18)20-15(19-12)11-5-4-10(16)7-9(11)3/h4-5,7-8H,6H2,1-3H3,(H2,18,19,20). The van der Waals surface area contributed by atoms with Gasteiger partial charge in [-0.1, -0.05) is 29.8 Å². The average molecular weight is 399 g/mol. The zero-order valence-electron chi connectivity index (χ0n) is 11.7. The van der Waals surface area contributed by atoms with Gasteiger partial charge in [0, 0.05) is 10.0 Å². The number of aromatic nitrogens is 2. The van der Waals surface area contributed by atoms with Gasteiger partial charge < -0.3 is 5.73 Å². The summed E-state index contributed by atoms with van der Waals surface area (Å²) in [5.74, 6) is 1.69. The fraction of sp³-hybridized carbons (Fsp3) is 0.333. The van der Waals surface area contributed by atoms with Gasteiger partial charge >= 0.3 is 0 Å². The maximum Gasteiger partial charge on any atom is 0.162 e. The van der Waals surface area contributed by atoms with Crippen molar-refractivity contribution in [1.82, 2.24) is 9.97 Å². The Morgan fingerprint density at radius 1 is 1.20 bits per heavy atom. The van der Waals surface area contributed by atoms with Crippen molar-refractivity contribution in [3.63, 3.8) is 0 Å². The van der Waals surface area contributed by atoms with Crippen LogP contribution in [0, 0.1) is 12.8 Å². The SMILES string of the molecule is Cc1cc(Br)ccc1-c1nc(N)c(Br)c(CC(C)C)n1. The lowest BCUT2D eigenvalue weighted by atomic mass is 10.1. The van der Waals surface area contributed by atoms with Gasteiger partial charge in [0.05, 0.1) is 10.2 Å². The summed E-state index contributed by atoms with van der Waals surface area (Å²) >= 11 is 6.96. The third-order valence-corrected chi connectivity index (χ3v) is 4.33. The van der Waals surface area contributed by atoms with E-state index >= 15 is 0 Å². The van der Waals surface area contributed by atoms with Crippen LogP contribution in [0.2, 0.25) is 0 Å². The zero-order chi connectivity index (χ0) is 14.9. The van der Waals surface area contributed by atoms with E-state index < -0.39 is 0 Å². The first-order valence-corrected chi connectivity index (χ1v) is 8.05. The molecule has 2 N–H and O–H groups in total. The van der Waals surface area contributed by atoms with Crippen molar-refractivity contribution in [3.05, 3.63) is 38.4 Å². The molecular weight excluding hydrogens is 382 g/mol. The van der Waals surface area contributed by atoms with Gasteiger partial charge in [-0.25, -0.2) is 9.97 Å². The van der Waals surface area contributed by atoms with Crippen molar-refractivity contribution in [3.8, 4) is 11.4 Å². The van der Waals surface area contributed by atoms with E-state index in [1.165, 1.54) is 0 Å². The third kappa shape index (κ3) is 3.38. The average Bonchev–Trinajstić information content (AvgIpc) is 2.34. The number of hydrogen-bond donors (Lipinski definition) is 1. The number of hydrogen-bond acceptors (Lipinski definition) is 3. The minimum Gasteiger partial charge on any atom is -0.383 e. The van der Waals surface area contributed by atoms with Gasteiger partial charge in [0.15, 0.2) is 5.82 Å². The van der Waals surface area contributed by atoms with Crippen molar-refractivity contribution < 1.29 is 0 Å². The number of rotatable bonds is 3. The summed E-state index contributed by atoms with van der Waals surface area (Å²) in [6.45, 7) is 6.37. The molecule has 0 aliphatic carbocycles. The van der Waals surface area contributed by atoms with Crippen molar-refractivity contribution in [2.45, 2.75) is 27.2 Å². The summed E-state index contributed by atoms with van der Waals surface area (Å²) in [7, 11) is 0. The van der Waals surface area contributed by atoms with Gasteiger partial charge in [0.25, 0.3) is 0 Å². The molecule has 1 aromatic heterocycles. The molecule has 2 aromatic rings. The van der Waals surface area contributed by atoms with Gasteiger partial charge in [0.2, 0.25) is 0 Å². The van der Waals surface area contributed by atoms with Crippen LogP contribution in [-0.2, 0) is 6.42 Å². The number of benzene rings is 1. The van der Waals surface area contributed by atoms with Gasteiger partial charge in [-0.3, -0.25) is 0 Å². The monoisotopic (exact) mass is 397 g/mol. The maximum absolute atomic E-state index is 6.01. The number of nitrogens with zero attached hydrogens (tertiary/aromatic N) is 2. The van der Waals surface area contributed by atoms with E-state index in [0.717, 1.165) is 32.2 Å². The first kappa shape index (κ1) is 15.4. The molecule has 0 aliphatic rings. The molecule has 0 spiro atoms. The molecule has 0 saturated carbocycles. The highest BCUT2D eigenvalue weighted by Gasteiger charge is 2.14. The maximum atomic E-state index is 6.01. The lowest BCUT2D eigenvalue weighted by Gasteiger charge is -2.12. The van der Waals surface area contributed by atoms with Crippen LogP contribution in [0.25, 0.3) is 11.4 Å². The highest BCUT2D eigenvalue weighted by Crippen LogP contribution is 2.29. The first-order chi connectivity index (χ1) is 9.38. The summed E-state index contributed by atoms with van der Waals surface area (Å²) in [5.41, 5.74) is 9.10. The molecule has 0 bridgehead atoms. The van der Waals surface area contributed by atoms with E-state index in [1.807, 2.05) is 19.1 Å². The molecule has 1 heterocycles. The summed E-state index contributed by atoms with van der Waals surface area (Å²) in [6, 6.07) is 6.06. The van der Waals surface area contributed by atoms with Gasteiger partial charge in [-0.2, -0.15) is 0 Å². The molecule has 3 nitrogen and oxygen atoms in total. The predicted molar refractivity (Wildman–Crippen MR) is 90.6 cm³/mol. The van der Waals surface area contributed by atoms with E-state index in [0.29, 0.717) is 17.6 Å². The Bertz CT molecular complexity index is 639. The molecule has 20 heavy (non-hydrogen) atoms. The smallest absolute Gasteiger partial charge is 0.162 e. The van der Waals surface area contributed by atoms with Crippen molar-refractivity contribution in [1.29, 1.82) is 0 Å². The number of aryl methyl sites for hydroxylation is 1. The number of halogens is 2. The van der Waals surface area contributed by atoms with Crippen LogP contribution < -0.4 is 5.73 Å². The van der Waals surface area contributed by atoms with Crippen LogP contribution >= 0.6 is 31.9 Å². The van der Waals surface area contributed by atoms with Crippen molar-refractivity contribution in [2.75, 3.05) is 5.73 Å². The Morgan fingerprint density at radius 3 is 2.50 bits per heavy atom. The minimum absolute atomic E-state index is 0.493. The van der Waals surface area contributed by atoms with E-state index in [4.69, 9.17) is 5.73 Å². The summed E-state index contributed by atoms with van der Waals surface area (Å²) in [5, 5.41) is 0. The van der Waals surface area contributed by atoms with Crippen LogP contribution in [0.5, 0.6) is 0 Å². The second kappa shape index (κ2) is 6.22. The van der Waals surface area contributed by atoms with E-state index in [2.05, 4.69) is 61.7 Å². The van der Waals surface area contributed by atoms with Crippen LogP contribution in [0.1, 0.15) is 25.1 Å². The number of nitrogens with two attached hydrogens (primary N) is 1. The molecule has 0 aliphatic heterocycles. The summed E-state index contributed by atoms with van der Waals surface area (Å²) in [4.78, 5) is 9.09. The molecule has 0 amide bonds. The molecule has 1 aromatic carbocycles. The predicted octanol–water partition coefficient (Wildman–Crippen LogP) is 4.76. The normalized spacial score (nSPS) is 11.1. The molecule has 2 rings (SSSR count). The molecule has 0 fully saturated rings. The Morgan fingerprint density at radius 2 is 1.90 bits per heavy atom. The highest BCUT2D eigenvalue weighted by atomic mass is 79.9. The van der Waals surface area contributed by atoms with Gasteiger partial charge in [0.1, 0.15) is 5.82 Å². The molecule has 0 atom stereocenters. The summed E-state index contributed by atoms with van der Waals surface area (Å²) in [6.07, 6.45) is 0.871. The molecule has 106 valence electrons. The second-order valence-electron chi connectivity index (χ2n) is 5.25. The molecule has 5 heteroatoms. The Hall–Kier alpha value is -0.940. The lowest BCUT2D eigenvalue weighted by Crippen LogP contribution is -2.06. The van der Waals surface area contributed by atoms with Crippen LogP contribution in [0.4, 0.5) is 5.82 Å². The third-order valence-electron chi connectivity index (χ3n) is 2.98. The van der Waals surface area contributed by atoms with E-state index in [9.17, 15) is 0 Å². The summed E-state index contributed by atoms with van der Waals surface area (Å²) < 4.78 is 1.86. The quantitative estimate of drug-likeness (QED) is 0.810.